The Morgan fingerprint density at radius 3 is 2.77 bits per heavy atom. The zero-order valence-corrected chi connectivity index (χ0v) is 15.1. The highest BCUT2D eigenvalue weighted by molar-refractivity contribution is 5.83. The summed E-state index contributed by atoms with van der Waals surface area (Å²) in [5.41, 5.74) is 1.21. The number of aryl methyl sites for hydroxylation is 1. The molecule has 0 radical (unpaired) electrons. The van der Waals surface area contributed by atoms with Gasteiger partial charge in [0.15, 0.2) is 0 Å². The molecule has 1 aliphatic rings. The number of carbonyl (C=O) groups is 1. The van der Waals surface area contributed by atoms with E-state index in [1.54, 1.807) is 11.0 Å². The molecule has 1 heterocycles. The number of hydrogen-bond donors (Lipinski definition) is 0. The minimum Gasteiger partial charge on any atom is -0.333 e. The van der Waals surface area contributed by atoms with Crippen molar-refractivity contribution >= 4 is 16.7 Å². The largest absolute Gasteiger partial charge is 0.333 e. The molecule has 0 spiro atoms. The molecule has 1 fully saturated rings. The van der Waals surface area contributed by atoms with Crippen molar-refractivity contribution < 1.29 is 4.79 Å². The third-order valence-corrected chi connectivity index (χ3v) is 5.15. The molecule has 1 aromatic heterocycles. The van der Waals surface area contributed by atoms with Gasteiger partial charge in [0, 0.05) is 19.0 Å². The molecule has 0 N–H and O–H groups in total. The summed E-state index contributed by atoms with van der Waals surface area (Å²) >= 11 is 0. The standard InChI is InChI=1S/C21H24N4O/c1-16(18-9-8-17-5-2-3-6-19(17)13-18)25(20-10-11-20)21(26)7-4-12-24-15-22-14-23-24/h2-3,5-6,8-9,13-16,20H,4,7,10-12H2,1H3/t16-/m0/s1. The van der Waals surface area contributed by atoms with Crippen LogP contribution in [0.15, 0.2) is 55.1 Å². The summed E-state index contributed by atoms with van der Waals surface area (Å²) in [5, 5.41) is 6.56. The van der Waals surface area contributed by atoms with E-state index in [2.05, 4.69) is 64.4 Å². The van der Waals surface area contributed by atoms with Crippen molar-refractivity contribution in [3.8, 4) is 0 Å². The summed E-state index contributed by atoms with van der Waals surface area (Å²) < 4.78 is 1.78. The summed E-state index contributed by atoms with van der Waals surface area (Å²) in [4.78, 5) is 19.0. The van der Waals surface area contributed by atoms with Gasteiger partial charge in [-0.05, 0) is 48.6 Å². The molecule has 26 heavy (non-hydrogen) atoms. The highest BCUT2D eigenvalue weighted by Crippen LogP contribution is 2.35. The fraction of sp³-hybridized carbons (Fsp3) is 0.381. The number of hydrogen-bond acceptors (Lipinski definition) is 3. The van der Waals surface area contributed by atoms with Gasteiger partial charge >= 0.3 is 0 Å². The molecule has 0 aliphatic heterocycles. The van der Waals surface area contributed by atoms with Crippen LogP contribution in [-0.4, -0.2) is 31.6 Å². The second-order valence-electron chi connectivity index (χ2n) is 7.08. The Morgan fingerprint density at radius 2 is 2.04 bits per heavy atom. The minimum atomic E-state index is 0.103. The fourth-order valence-electron chi connectivity index (χ4n) is 3.59. The lowest BCUT2D eigenvalue weighted by molar-refractivity contribution is -0.134. The van der Waals surface area contributed by atoms with Crippen molar-refractivity contribution in [2.75, 3.05) is 0 Å². The van der Waals surface area contributed by atoms with Gasteiger partial charge in [0.25, 0.3) is 0 Å². The molecule has 4 rings (SSSR count). The fourth-order valence-corrected chi connectivity index (χ4v) is 3.59. The van der Waals surface area contributed by atoms with Crippen LogP contribution in [0.5, 0.6) is 0 Å². The smallest absolute Gasteiger partial charge is 0.223 e. The zero-order valence-electron chi connectivity index (χ0n) is 15.1. The van der Waals surface area contributed by atoms with E-state index < -0.39 is 0 Å². The van der Waals surface area contributed by atoms with Crippen molar-refractivity contribution in [1.82, 2.24) is 19.7 Å². The number of rotatable bonds is 7. The van der Waals surface area contributed by atoms with Gasteiger partial charge in [-0.1, -0.05) is 36.4 Å². The quantitative estimate of drug-likeness (QED) is 0.649. The summed E-state index contributed by atoms with van der Waals surface area (Å²) in [7, 11) is 0. The van der Waals surface area contributed by atoms with Gasteiger partial charge in [0.2, 0.25) is 5.91 Å². The van der Waals surface area contributed by atoms with Gasteiger partial charge < -0.3 is 4.90 Å². The first-order chi connectivity index (χ1) is 12.7. The summed E-state index contributed by atoms with van der Waals surface area (Å²) in [6.07, 6.45) is 6.80. The topological polar surface area (TPSA) is 51.0 Å². The number of nitrogens with zero attached hydrogens (tertiary/aromatic N) is 4. The zero-order chi connectivity index (χ0) is 17.9. The maximum atomic E-state index is 12.9. The second-order valence-corrected chi connectivity index (χ2v) is 7.08. The van der Waals surface area contributed by atoms with Gasteiger partial charge in [-0.15, -0.1) is 0 Å². The monoisotopic (exact) mass is 348 g/mol. The summed E-state index contributed by atoms with van der Waals surface area (Å²) in [6.45, 7) is 2.88. The van der Waals surface area contributed by atoms with Gasteiger partial charge in [-0.25, -0.2) is 4.98 Å². The molecule has 5 heteroatoms. The van der Waals surface area contributed by atoms with Crippen LogP contribution in [0, 0.1) is 0 Å². The Morgan fingerprint density at radius 1 is 1.23 bits per heavy atom. The van der Waals surface area contributed by atoms with Gasteiger partial charge in [-0.3, -0.25) is 9.48 Å². The van der Waals surface area contributed by atoms with E-state index in [1.807, 2.05) is 0 Å². The van der Waals surface area contributed by atoms with E-state index in [0.717, 1.165) is 25.8 Å². The maximum Gasteiger partial charge on any atom is 0.223 e. The molecule has 1 aliphatic carbocycles. The van der Waals surface area contributed by atoms with Crippen molar-refractivity contribution in [3.05, 3.63) is 60.7 Å². The summed E-state index contributed by atoms with van der Waals surface area (Å²) in [5.74, 6) is 0.244. The average molecular weight is 348 g/mol. The SMILES string of the molecule is C[C@@H](c1ccc2ccccc2c1)N(C(=O)CCCn1cncn1)C1CC1. The molecular formula is C21H24N4O. The van der Waals surface area contributed by atoms with E-state index in [-0.39, 0.29) is 11.9 Å². The van der Waals surface area contributed by atoms with Gasteiger partial charge in [0.05, 0.1) is 6.04 Å². The van der Waals surface area contributed by atoms with Crippen LogP contribution in [0.4, 0.5) is 0 Å². The number of fused-ring (bicyclic) bond motifs is 1. The Balaban J connectivity index is 1.46. The van der Waals surface area contributed by atoms with Crippen molar-refractivity contribution in [2.24, 2.45) is 0 Å². The molecule has 0 saturated heterocycles. The molecule has 1 atom stereocenters. The van der Waals surface area contributed by atoms with E-state index >= 15 is 0 Å². The van der Waals surface area contributed by atoms with Crippen LogP contribution < -0.4 is 0 Å². The molecule has 134 valence electrons. The Bertz CT molecular complexity index is 886. The first-order valence-corrected chi connectivity index (χ1v) is 9.34. The first-order valence-electron chi connectivity index (χ1n) is 9.34. The predicted octanol–water partition coefficient (Wildman–Crippen LogP) is 3.96. The van der Waals surface area contributed by atoms with Gasteiger partial charge in [-0.2, -0.15) is 5.10 Å². The highest BCUT2D eigenvalue weighted by Gasteiger charge is 2.35. The van der Waals surface area contributed by atoms with E-state index in [1.165, 1.54) is 22.7 Å². The van der Waals surface area contributed by atoms with E-state index in [4.69, 9.17) is 0 Å². The predicted molar refractivity (Wildman–Crippen MR) is 101 cm³/mol. The third-order valence-electron chi connectivity index (χ3n) is 5.15. The molecule has 5 nitrogen and oxygen atoms in total. The average Bonchev–Trinajstić information content (AvgIpc) is 3.35. The van der Waals surface area contributed by atoms with E-state index in [0.29, 0.717) is 12.5 Å². The van der Waals surface area contributed by atoms with Crippen LogP contribution in [-0.2, 0) is 11.3 Å². The number of amides is 1. The first kappa shape index (κ1) is 16.8. The molecule has 1 amide bonds. The Hall–Kier alpha value is -2.69. The molecular weight excluding hydrogens is 324 g/mol. The van der Waals surface area contributed by atoms with Crippen molar-refractivity contribution in [1.29, 1.82) is 0 Å². The van der Waals surface area contributed by atoms with Crippen LogP contribution in [0.2, 0.25) is 0 Å². The number of carbonyl (C=O) groups excluding carboxylic acids is 1. The number of benzene rings is 2. The van der Waals surface area contributed by atoms with Crippen LogP contribution in [0.1, 0.15) is 44.2 Å². The molecule has 0 unspecified atom stereocenters. The lowest BCUT2D eigenvalue weighted by Gasteiger charge is -2.30. The molecule has 0 bridgehead atoms. The Kier molecular flexibility index (Phi) is 4.69. The Labute approximate surface area is 153 Å². The summed E-state index contributed by atoms with van der Waals surface area (Å²) in [6, 6.07) is 15.4. The van der Waals surface area contributed by atoms with Crippen LogP contribution >= 0.6 is 0 Å². The highest BCUT2D eigenvalue weighted by atomic mass is 16.2. The second kappa shape index (κ2) is 7.28. The lowest BCUT2D eigenvalue weighted by Crippen LogP contribution is -2.35. The lowest BCUT2D eigenvalue weighted by atomic mass is 10.0. The molecule has 3 aromatic rings. The van der Waals surface area contributed by atoms with E-state index in [9.17, 15) is 4.79 Å². The van der Waals surface area contributed by atoms with Gasteiger partial charge in [0.1, 0.15) is 12.7 Å². The molecule has 1 saturated carbocycles. The third kappa shape index (κ3) is 3.62. The van der Waals surface area contributed by atoms with Crippen LogP contribution in [0.3, 0.4) is 0 Å². The number of aromatic nitrogens is 3. The maximum absolute atomic E-state index is 12.9. The molecule has 2 aromatic carbocycles. The van der Waals surface area contributed by atoms with Crippen molar-refractivity contribution in [2.45, 2.75) is 51.2 Å². The van der Waals surface area contributed by atoms with Crippen molar-refractivity contribution in [3.63, 3.8) is 0 Å². The minimum absolute atomic E-state index is 0.103. The van der Waals surface area contributed by atoms with Crippen LogP contribution in [0.25, 0.3) is 10.8 Å². The normalized spacial score (nSPS) is 15.1.